The van der Waals surface area contributed by atoms with Gasteiger partial charge in [0.05, 0.1) is 0 Å². The molecule has 0 spiro atoms. The molecular weight excluding hydrogens is 215 g/mol. The second kappa shape index (κ2) is 4.61. The van der Waals surface area contributed by atoms with Crippen molar-refractivity contribution in [1.29, 1.82) is 0 Å². The van der Waals surface area contributed by atoms with E-state index in [1.54, 1.807) is 0 Å². The van der Waals surface area contributed by atoms with Crippen LogP contribution in [0.4, 0.5) is 0 Å². The summed E-state index contributed by atoms with van der Waals surface area (Å²) in [7, 11) is -4.72. The topological polar surface area (TPSA) is 103 Å². The zero-order valence-corrected chi connectivity index (χ0v) is 9.67. The Balaban J connectivity index is 0.00000121. The summed E-state index contributed by atoms with van der Waals surface area (Å²) >= 11 is 0.860. The summed E-state index contributed by atoms with van der Waals surface area (Å²) in [5, 5.41) is 13.2. The van der Waals surface area contributed by atoms with Crippen molar-refractivity contribution < 1.29 is 47.6 Å². The zero-order chi connectivity index (χ0) is 8.48. The van der Waals surface area contributed by atoms with Gasteiger partial charge in [-0.2, -0.15) is 0 Å². The molecule has 0 aromatic carbocycles. The Kier molecular flexibility index (Phi) is 4.77. The quantitative estimate of drug-likeness (QED) is 0.402. The average Bonchev–Trinajstić information content (AvgIpc) is 2.34. The minimum atomic E-state index is -4.72. The molecule has 0 bridgehead atoms. The maximum absolute atomic E-state index is 10.2. The minimum absolute atomic E-state index is 0. The van der Waals surface area contributed by atoms with E-state index in [9.17, 15) is 13.0 Å². The van der Waals surface area contributed by atoms with Gasteiger partial charge in [0.25, 0.3) is 0 Å². The van der Waals surface area contributed by atoms with E-state index in [1.165, 1.54) is 5.38 Å². The van der Waals surface area contributed by atoms with Crippen LogP contribution < -0.4 is 29.6 Å². The predicted molar refractivity (Wildman–Crippen MR) is 34.6 cm³/mol. The molecule has 0 amide bonds. The summed E-state index contributed by atoms with van der Waals surface area (Å²) in [6.07, 6.45) is 0. The molecule has 0 saturated carbocycles. The van der Waals surface area contributed by atoms with Crippen LogP contribution in [0, 0.1) is 0 Å². The van der Waals surface area contributed by atoms with Gasteiger partial charge in [-0.05, 0) is 11.5 Å². The van der Waals surface area contributed by atoms with E-state index in [1.807, 2.05) is 0 Å². The predicted octanol–water partition coefficient (Wildman–Crippen LogP) is -3.92. The van der Waals surface area contributed by atoms with Crippen molar-refractivity contribution >= 4 is 21.7 Å². The van der Waals surface area contributed by atoms with E-state index in [-0.39, 0.29) is 35.3 Å². The van der Waals surface area contributed by atoms with Gasteiger partial charge in [-0.15, -0.1) is 5.10 Å². The molecule has 1 N–H and O–H groups in total. The molecule has 62 valence electrons. The van der Waals surface area contributed by atoms with Crippen LogP contribution in [-0.4, -0.2) is 27.7 Å². The van der Waals surface area contributed by atoms with E-state index in [2.05, 4.69) is 9.59 Å². The summed E-state index contributed by atoms with van der Waals surface area (Å²) in [4.78, 5) is 0. The first-order chi connectivity index (χ1) is 5.02. The van der Waals surface area contributed by atoms with Crippen molar-refractivity contribution in [2.75, 3.05) is 0 Å². The number of hydrogen-bond acceptors (Lipinski definition) is 7. The average molecular weight is 218 g/mol. The molecule has 0 saturated heterocycles. The molecule has 0 fully saturated rings. The number of aromatic nitrogens is 2. The summed E-state index contributed by atoms with van der Waals surface area (Å²) in [6, 6.07) is 0. The van der Waals surface area contributed by atoms with Crippen LogP contribution in [0.2, 0.25) is 0 Å². The van der Waals surface area contributed by atoms with Gasteiger partial charge in [0.1, 0.15) is 15.8 Å². The second-order valence-electron chi connectivity index (χ2n) is 1.67. The molecule has 1 unspecified atom stereocenters. The van der Waals surface area contributed by atoms with Crippen molar-refractivity contribution in [2.45, 2.75) is 5.44 Å². The molecule has 0 aliphatic carbocycles. The van der Waals surface area contributed by atoms with Gasteiger partial charge in [-0.1, -0.05) is 4.49 Å². The largest absolute Gasteiger partial charge is 1.00 e. The monoisotopic (exact) mass is 218 g/mol. The molecule has 0 radical (unpaired) electrons. The van der Waals surface area contributed by atoms with Crippen LogP contribution in [0.25, 0.3) is 0 Å². The van der Waals surface area contributed by atoms with Gasteiger partial charge in [-0.25, -0.2) is 8.42 Å². The second-order valence-corrected chi connectivity index (χ2v) is 3.72. The Hall–Kier alpha value is 0.430. The Bertz CT molecular complexity index is 322. The number of aliphatic hydroxyl groups is 1. The third kappa shape index (κ3) is 3.05. The molecule has 1 atom stereocenters. The molecule has 1 aromatic heterocycles. The maximum atomic E-state index is 10.2. The molecular formula is C3H3N2NaO4S2. The van der Waals surface area contributed by atoms with E-state index < -0.39 is 15.6 Å². The van der Waals surface area contributed by atoms with Crippen molar-refractivity contribution in [3.63, 3.8) is 0 Å². The van der Waals surface area contributed by atoms with Gasteiger partial charge in [0.15, 0.2) is 5.44 Å². The number of aliphatic hydroxyl groups excluding tert-OH is 1. The van der Waals surface area contributed by atoms with Gasteiger partial charge >= 0.3 is 29.6 Å². The molecule has 0 aliphatic heterocycles. The molecule has 12 heavy (non-hydrogen) atoms. The van der Waals surface area contributed by atoms with Crippen molar-refractivity contribution in [3.8, 4) is 0 Å². The minimum Gasteiger partial charge on any atom is -0.746 e. The number of nitrogens with zero attached hydrogens (tertiary/aromatic N) is 2. The van der Waals surface area contributed by atoms with Crippen molar-refractivity contribution in [2.24, 2.45) is 0 Å². The summed E-state index contributed by atoms with van der Waals surface area (Å²) in [5.74, 6) is 0. The third-order valence-electron chi connectivity index (χ3n) is 0.903. The first-order valence-corrected chi connectivity index (χ1v) is 4.72. The van der Waals surface area contributed by atoms with Crippen LogP contribution in [0.3, 0.4) is 0 Å². The smallest absolute Gasteiger partial charge is 0.746 e. The fraction of sp³-hybridized carbons (Fsp3) is 0.333. The van der Waals surface area contributed by atoms with Crippen LogP contribution in [-0.2, 0) is 10.1 Å². The summed E-state index contributed by atoms with van der Waals surface area (Å²) in [5.41, 5.74) is -2.33. The zero-order valence-electron chi connectivity index (χ0n) is 6.04. The Morgan fingerprint density at radius 1 is 1.67 bits per heavy atom. The van der Waals surface area contributed by atoms with E-state index in [0.29, 0.717) is 0 Å². The first-order valence-electron chi connectivity index (χ1n) is 2.41. The fourth-order valence-electron chi connectivity index (χ4n) is 0.427. The standard InChI is InChI=1S/C3H4N2O4S2.Na/c6-3(11(7,8)9)2-1-10-5-4-2;/h1,3,6H,(H,7,8,9);/q;+1/p-1. The van der Waals surface area contributed by atoms with Crippen LogP contribution >= 0.6 is 11.5 Å². The molecule has 1 aromatic rings. The van der Waals surface area contributed by atoms with Crippen LogP contribution in [0.5, 0.6) is 0 Å². The molecule has 1 rings (SSSR count). The number of rotatable bonds is 2. The third-order valence-corrected chi connectivity index (χ3v) is 2.21. The van der Waals surface area contributed by atoms with Gasteiger partial charge in [0, 0.05) is 5.38 Å². The van der Waals surface area contributed by atoms with Crippen LogP contribution in [0.15, 0.2) is 5.38 Å². The molecule has 1 heterocycles. The SMILES string of the molecule is O=S(=O)([O-])C(O)c1csnn1.[Na+]. The Morgan fingerprint density at radius 2 is 2.25 bits per heavy atom. The molecule has 9 heteroatoms. The van der Waals surface area contributed by atoms with Gasteiger partial charge in [0.2, 0.25) is 0 Å². The van der Waals surface area contributed by atoms with Gasteiger partial charge in [-0.3, -0.25) is 0 Å². The fourth-order valence-corrected chi connectivity index (χ4v) is 1.40. The van der Waals surface area contributed by atoms with E-state index in [4.69, 9.17) is 5.11 Å². The van der Waals surface area contributed by atoms with Crippen molar-refractivity contribution in [3.05, 3.63) is 11.1 Å². The summed E-state index contributed by atoms with van der Waals surface area (Å²) < 4.78 is 33.8. The van der Waals surface area contributed by atoms with Gasteiger partial charge < -0.3 is 9.66 Å². The molecule has 0 aliphatic rings. The first kappa shape index (κ1) is 12.4. The normalized spacial score (nSPS) is 13.5. The van der Waals surface area contributed by atoms with E-state index >= 15 is 0 Å². The maximum Gasteiger partial charge on any atom is 1.00 e. The Morgan fingerprint density at radius 3 is 2.58 bits per heavy atom. The summed E-state index contributed by atoms with van der Waals surface area (Å²) in [6.45, 7) is 0. The molecule has 6 nitrogen and oxygen atoms in total. The number of hydrogen-bond donors (Lipinski definition) is 1. The Labute approximate surface area is 94.8 Å². The van der Waals surface area contributed by atoms with E-state index in [0.717, 1.165) is 11.5 Å². The van der Waals surface area contributed by atoms with Crippen LogP contribution in [0.1, 0.15) is 11.1 Å². The van der Waals surface area contributed by atoms with Crippen molar-refractivity contribution in [1.82, 2.24) is 9.59 Å².